The number of rotatable bonds is 6. The zero-order valence-corrected chi connectivity index (χ0v) is 13.2. The molecule has 0 fully saturated rings. The summed E-state index contributed by atoms with van der Waals surface area (Å²) in [6, 6.07) is 15.5. The summed E-state index contributed by atoms with van der Waals surface area (Å²) in [6.07, 6.45) is -0.933. The van der Waals surface area contributed by atoms with E-state index in [0.29, 0.717) is 16.5 Å². The van der Waals surface area contributed by atoms with Crippen LogP contribution in [0.3, 0.4) is 0 Å². The molecule has 1 N–H and O–H groups in total. The number of benzene rings is 2. The molecule has 2 rings (SSSR count). The first-order valence-corrected chi connectivity index (χ1v) is 7.36. The highest BCUT2D eigenvalue weighted by Crippen LogP contribution is 2.14. The molecule has 0 saturated heterocycles. The fourth-order valence-electron chi connectivity index (χ4n) is 1.72. The van der Waals surface area contributed by atoms with Crippen molar-refractivity contribution < 1.29 is 19.1 Å². The van der Waals surface area contributed by atoms with E-state index in [-0.39, 0.29) is 6.61 Å². The Labute approximate surface area is 139 Å². The molecule has 0 bridgehead atoms. The number of esters is 1. The highest BCUT2D eigenvalue weighted by Gasteiger charge is 2.18. The zero-order chi connectivity index (χ0) is 16.7. The molecule has 0 heterocycles. The average molecular weight is 334 g/mol. The topological polar surface area (TPSA) is 64.6 Å². The van der Waals surface area contributed by atoms with Crippen molar-refractivity contribution in [1.29, 1.82) is 0 Å². The van der Waals surface area contributed by atoms with Gasteiger partial charge in [0.05, 0.1) is 0 Å². The van der Waals surface area contributed by atoms with Gasteiger partial charge in [-0.05, 0) is 43.3 Å². The van der Waals surface area contributed by atoms with E-state index in [9.17, 15) is 9.59 Å². The van der Waals surface area contributed by atoms with Gasteiger partial charge in [0.15, 0.2) is 12.7 Å². The number of ether oxygens (including phenoxy) is 2. The van der Waals surface area contributed by atoms with Crippen LogP contribution in [0.1, 0.15) is 6.92 Å². The van der Waals surface area contributed by atoms with Crippen LogP contribution in [0.4, 0.5) is 5.69 Å². The van der Waals surface area contributed by atoms with E-state index < -0.39 is 18.0 Å². The summed E-state index contributed by atoms with van der Waals surface area (Å²) < 4.78 is 10.3. The monoisotopic (exact) mass is 333 g/mol. The summed E-state index contributed by atoms with van der Waals surface area (Å²) in [5, 5.41) is 3.20. The van der Waals surface area contributed by atoms with Crippen LogP contribution in [0, 0.1) is 0 Å². The number of nitrogens with one attached hydrogen (secondary N) is 1. The molecule has 0 aliphatic heterocycles. The predicted molar refractivity (Wildman–Crippen MR) is 87.6 cm³/mol. The third-order valence-corrected chi connectivity index (χ3v) is 3.14. The summed E-state index contributed by atoms with van der Waals surface area (Å²) >= 11 is 5.77. The number of para-hydroxylation sites is 1. The summed E-state index contributed by atoms with van der Waals surface area (Å²) in [7, 11) is 0. The van der Waals surface area contributed by atoms with E-state index in [4.69, 9.17) is 21.1 Å². The number of carbonyl (C=O) groups is 2. The Morgan fingerprint density at radius 1 is 1.09 bits per heavy atom. The normalized spacial score (nSPS) is 11.4. The summed E-state index contributed by atoms with van der Waals surface area (Å²) in [5.74, 6) is -0.490. The molecule has 0 aliphatic rings. The molecule has 0 aliphatic carbocycles. The Kier molecular flexibility index (Phi) is 6.00. The SMILES string of the molecule is C[C@@H](OC(=O)COc1ccccc1)C(=O)Nc1ccc(Cl)cc1. The highest BCUT2D eigenvalue weighted by molar-refractivity contribution is 6.30. The number of hydrogen-bond donors (Lipinski definition) is 1. The van der Waals surface area contributed by atoms with Gasteiger partial charge in [0.2, 0.25) is 0 Å². The van der Waals surface area contributed by atoms with Gasteiger partial charge in [-0.25, -0.2) is 4.79 Å². The van der Waals surface area contributed by atoms with Gasteiger partial charge in [-0.15, -0.1) is 0 Å². The predicted octanol–water partition coefficient (Wildman–Crippen LogP) is 3.29. The van der Waals surface area contributed by atoms with Gasteiger partial charge >= 0.3 is 5.97 Å². The molecule has 1 amide bonds. The van der Waals surface area contributed by atoms with Crippen molar-refractivity contribution in [3.05, 3.63) is 59.6 Å². The molecule has 120 valence electrons. The largest absolute Gasteiger partial charge is 0.482 e. The molecule has 5 nitrogen and oxygen atoms in total. The van der Waals surface area contributed by atoms with E-state index in [0.717, 1.165) is 0 Å². The van der Waals surface area contributed by atoms with E-state index in [1.807, 2.05) is 6.07 Å². The van der Waals surface area contributed by atoms with Crippen LogP contribution in [-0.4, -0.2) is 24.6 Å². The molecule has 2 aromatic carbocycles. The van der Waals surface area contributed by atoms with E-state index in [1.165, 1.54) is 6.92 Å². The maximum absolute atomic E-state index is 11.9. The molecule has 0 unspecified atom stereocenters. The third-order valence-electron chi connectivity index (χ3n) is 2.89. The van der Waals surface area contributed by atoms with Crippen LogP contribution in [0.15, 0.2) is 54.6 Å². The number of carbonyl (C=O) groups excluding carboxylic acids is 2. The van der Waals surface area contributed by atoms with Crippen molar-refractivity contribution in [3.63, 3.8) is 0 Å². The summed E-state index contributed by atoms with van der Waals surface area (Å²) in [4.78, 5) is 23.6. The van der Waals surface area contributed by atoms with Crippen LogP contribution >= 0.6 is 11.6 Å². The fraction of sp³-hybridized carbons (Fsp3) is 0.176. The van der Waals surface area contributed by atoms with Gasteiger partial charge in [-0.2, -0.15) is 0 Å². The van der Waals surface area contributed by atoms with Gasteiger partial charge in [-0.1, -0.05) is 29.8 Å². The minimum absolute atomic E-state index is 0.261. The second-order valence-corrected chi connectivity index (χ2v) is 5.17. The molecule has 1 atom stereocenters. The second kappa shape index (κ2) is 8.19. The molecule has 6 heteroatoms. The average Bonchev–Trinajstić information content (AvgIpc) is 2.56. The maximum atomic E-state index is 11.9. The number of anilines is 1. The number of amides is 1. The zero-order valence-electron chi connectivity index (χ0n) is 12.5. The quantitative estimate of drug-likeness (QED) is 0.824. The van der Waals surface area contributed by atoms with Crippen molar-refractivity contribution >= 4 is 29.2 Å². The number of hydrogen-bond acceptors (Lipinski definition) is 4. The number of halogens is 1. The molecule has 0 spiro atoms. The molecular formula is C17H16ClNO4. The first-order valence-electron chi connectivity index (χ1n) is 6.98. The van der Waals surface area contributed by atoms with E-state index in [2.05, 4.69) is 5.32 Å². The Morgan fingerprint density at radius 2 is 1.74 bits per heavy atom. The van der Waals surface area contributed by atoms with Gasteiger partial charge in [0.25, 0.3) is 5.91 Å². The smallest absolute Gasteiger partial charge is 0.344 e. The minimum Gasteiger partial charge on any atom is -0.482 e. The molecule has 23 heavy (non-hydrogen) atoms. The van der Waals surface area contributed by atoms with Gasteiger partial charge < -0.3 is 14.8 Å². The molecular weight excluding hydrogens is 318 g/mol. The summed E-state index contributed by atoms with van der Waals surface area (Å²) in [6.45, 7) is 1.23. The lowest BCUT2D eigenvalue weighted by molar-refractivity contribution is -0.155. The van der Waals surface area contributed by atoms with Gasteiger partial charge in [0.1, 0.15) is 5.75 Å². The summed E-state index contributed by atoms with van der Waals surface area (Å²) in [5.41, 5.74) is 0.572. The third kappa shape index (κ3) is 5.64. The Hall–Kier alpha value is -2.53. The lowest BCUT2D eigenvalue weighted by Crippen LogP contribution is -2.31. The van der Waals surface area contributed by atoms with Crippen molar-refractivity contribution in [2.75, 3.05) is 11.9 Å². The van der Waals surface area contributed by atoms with Crippen LogP contribution in [0.2, 0.25) is 5.02 Å². The van der Waals surface area contributed by atoms with Gasteiger partial charge in [-0.3, -0.25) is 4.79 Å². The van der Waals surface area contributed by atoms with Crippen LogP contribution in [0.5, 0.6) is 5.75 Å². The van der Waals surface area contributed by atoms with Crippen LogP contribution < -0.4 is 10.1 Å². The van der Waals surface area contributed by atoms with Crippen LogP contribution in [-0.2, 0) is 14.3 Å². The lowest BCUT2D eigenvalue weighted by atomic mass is 10.3. The van der Waals surface area contributed by atoms with E-state index >= 15 is 0 Å². The van der Waals surface area contributed by atoms with Gasteiger partial charge in [0, 0.05) is 10.7 Å². The van der Waals surface area contributed by atoms with Crippen molar-refractivity contribution in [2.24, 2.45) is 0 Å². The molecule has 0 radical (unpaired) electrons. The van der Waals surface area contributed by atoms with E-state index in [1.54, 1.807) is 48.5 Å². The standard InChI is InChI=1S/C17H16ClNO4/c1-12(17(21)19-14-9-7-13(18)8-10-14)23-16(20)11-22-15-5-3-2-4-6-15/h2-10,12H,11H2,1H3,(H,19,21)/t12-/m1/s1. The Morgan fingerprint density at radius 3 is 2.39 bits per heavy atom. The van der Waals surface area contributed by atoms with Crippen molar-refractivity contribution in [2.45, 2.75) is 13.0 Å². The highest BCUT2D eigenvalue weighted by atomic mass is 35.5. The second-order valence-electron chi connectivity index (χ2n) is 4.73. The lowest BCUT2D eigenvalue weighted by Gasteiger charge is -2.14. The molecule has 0 aromatic heterocycles. The Balaban J connectivity index is 1.78. The first kappa shape index (κ1) is 16.8. The minimum atomic E-state index is -0.933. The molecule has 2 aromatic rings. The fourth-order valence-corrected chi connectivity index (χ4v) is 1.85. The first-order chi connectivity index (χ1) is 11.0. The van der Waals surface area contributed by atoms with Crippen molar-refractivity contribution in [3.8, 4) is 5.75 Å². The van der Waals surface area contributed by atoms with Crippen LogP contribution in [0.25, 0.3) is 0 Å². The molecule has 0 saturated carbocycles. The van der Waals surface area contributed by atoms with Crippen molar-refractivity contribution in [1.82, 2.24) is 0 Å². The Bertz CT molecular complexity index is 658. The maximum Gasteiger partial charge on any atom is 0.344 e.